The van der Waals surface area contributed by atoms with Gasteiger partial charge in [-0.2, -0.15) is 0 Å². The zero-order chi connectivity index (χ0) is 18.7. The minimum Gasteiger partial charge on any atom is -0.492 e. The SMILES string of the molecule is ClCCN(CCOc1ccccc1Cc1ccccc1)Cc1ccccc1. The highest BCUT2D eigenvalue weighted by molar-refractivity contribution is 6.18. The molecule has 0 unspecified atom stereocenters. The molecule has 0 saturated carbocycles. The fourth-order valence-electron chi connectivity index (χ4n) is 3.12. The molecule has 0 amide bonds. The van der Waals surface area contributed by atoms with E-state index in [1.54, 1.807) is 0 Å². The van der Waals surface area contributed by atoms with Gasteiger partial charge in [-0.25, -0.2) is 0 Å². The van der Waals surface area contributed by atoms with Gasteiger partial charge in [0.05, 0.1) is 0 Å². The number of benzene rings is 3. The molecule has 2 nitrogen and oxygen atoms in total. The first-order valence-electron chi connectivity index (χ1n) is 9.42. The van der Waals surface area contributed by atoms with Gasteiger partial charge in [-0.3, -0.25) is 4.90 Å². The van der Waals surface area contributed by atoms with Gasteiger partial charge in [0.2, 0.25) is 0 Å². The topological polar surface area (TPSA) is 12.5 Å². The van der Waals surface area contributed by atoms with Gasteiger partial charge in [0.25, 0.3) is 0 Å². The lowest BCUT2D eigenvalue weighted by molar-refractivity contribution is 0.210. The Balaban J connectivity index is 1.57. The Morgan fingerprint density at radius 3 is 2.04 bits per heavy atom. The number of alkyl halides is 1. The van der Waals surface area contributed by atoms with E-state index in [0.717, 1.165) is 31.8 Å². The van der Waals surface area contributed by atoms with Gasteiger partial charge in [0.15, 0.2) is 0 Å². The molecule has 3 rings (SSSR count). The van der Waals surface area contributed by atoms with Crippen molar-refractivity contribution in [1.29, 1.82) is 0 Å². The first-order chi connectivity index (χ1) is 13.3. The molecule has 0 aliphatic heterocycles. The van der Waals surface area contributed by atoms with Gasteiger partial charge in [0.1, 0.15) is 12.4 Å². The molecule has 27 heavy (non-hydrogen) atoms. The van der Waals surface area contributed by atoms with E-state index in [9.17, 15) is 0 Å². The normalized spacial score (nSPS) is 10.9. The number of ether oxygens (including phenoxy) is 1. The Morgan fingerprint density at radius 2 is 1.33 bits per heavy atom. The predicted octanol–water partition coefficient (Wildman–Crippen LogP) is 5.40. The van der Waals surface area contributed by atoms with E-state index in [0.29, 0.717) is 12.5 Å². The van der Waals surface area contributed by atoms with E-state index in [2.05, 4.69) is 71.6 Å². The van der Waals surface area contributed by atoms with E-state index in [1.807, 2.05) is 18.2 Å². The van der Waals surface area contributed by atoms with Crippen LogP contribution in [0.2, 0.25) is 0 Å². The van der Waals surface area contributed by atoms with Crippen molar-refractivity contribution >= 4 is 11.6 Å². The molecule has 0 heterocycles. The fraction of sp³-hybridized carbons (Fsp3) is 0.250. The van der Waals surface area contributed by atoms with Crippen LogP contribution in [0.15, 0.2) is 84.9 Å². The van der Waals surface area contributed by atoms with Crippen molar-refractivity contribution in [2.75, 3.05) is 25.6 Å². The second kappa shape index (κ2) is 10.8. The second-order valence-electron chi connectivity index (χ2n) is 6.57. The smallest absolute Gasteiger partial charge is 0.122 e. The van der Waals surface area contributed by atoms with Crippen LogP contribution in [0.3, 0.4) is 0 Å². The second-order valence-corrected chi connectivity index (χ2v) is 6.95. The maximum absolute atomic E-state index is 6.14. The van der Waals surface area contributed by atoms with Crippen LogP contribution in [0.4, 0.5) is 0 Å². The Bertz CT molecular complexity index is 792. The highest BCUT2D eigenvalue weighted by Crippen LogP contribution is 2.21. The molecule has 3 aromatic rings. The molecule has 0 aliphatic rings. The van der Waals surface area contributed by atoms with Crippen molar-refractivity contribution in [2.24, 2.45) is 0 Å². The summed E-state index contributed by atoms with van der Waals surface area (Å²) in [5.41, 5.74) is 3.81. The maximum Gasteiger partial charge on any atom is 0.122 e. The molecule has 140 valence electrons. The molecular weight excluding hydrogens is 354 g/mol. The molecule has 0 saturated heterocycles. The van der Waals surface area contributed by atoms with Gasteiger partial charge < -0.3 is 4.74 Å². The van der Waals surface area contributed by atoms with Crippen LogP contribution in [-0.4, -0.2) is 30.5 Å². The third kappa shape index (κ3) is 6.42. The van der Waals surface area contributed by atoms with Gasteiger partial charge in [-0.05, 0) is 22.8 Å². The van der Waals surface area contributed by atoms with Gasteiger partial charge >= 0.3 is 0 Å². The van der Waals surface area contributed by atoms with E-state index < -0.39 is 0 Å². The summed E-state index contributed by atoms with van der Waals surface area (Å²) in [6, 6.07) is 29.3. The third-order valence-electron chi connectivity index (χ3n) is 4.52. The van der Waals surface area contributed by atoms with Crippen molar-refractivity contribution in [2.45, 2.75) is 13.0 Å². The average Bonchev–Trinajstić information content (AvgIpc) is 2.71. The van der Waals surface area contributed by atoms with Crippen LogP contribution >= 0.6 is 11.6 Å². The van der Waals surface area contributed by atoms with E-state index >= 15 is 0 Å². The first-order valence-corrected chi connectivity index (χ1v) is 9.95. The summed E-state index contributed by atoms with van der Waals surface area (Å²) >= 11 is 5.99. The molecule has 0 aliphatic carbocycles. The largest absolute Gasteiger partial charge is 0.492 e. The number of nitrogens with zero attached hydrogens (tertiary/aromatic N) is 1. The molecule has 3 aromatic carbocycles. The summed E-state index contributed by atoms with van der Waals surface area (Å²) in [5, 5.41) is 0. The van der Waals surface area contributed by atoms with Crippen molar-refractivity contribution in [3.63, 3.8) is 0 Å². The summed E-state index contributed by atoms with van der Waals surface area (Å²) < 4.78 is 6.14. The molecule has 0 atom stereocenters. The molecule has 0 N–H and O–H groups in total. The summed E-state index contributed by atoms with van der Waals surface area (Å²) in [5.74, 6) is 1.59. The molecule has 3 heteroatoms. The first kappa shape index (κ1) is 19.5. The molecular formula is C24H26ClNO. The highest BCUT2D eigenvalue weighted by atomic mass is 35.5. The number of hydrogen-bond acceptors (Lipinski definition) is 2. The minimum atomic E-state index is 0.622. The van der Waals surface area contributed by atoms with Crippen LogP contribution in [-0.2, 0) is 13.0 Å². The van der Waals surface area contributed by atoms with Crippen molar-refractivity contribution in [1.82, 2.24) is 4.90 Å². The summed E-state index contributed by atoms with van der Waals surface area (Å²) in [6.07, 6.45) is 0.881. The van der Waals surface area contributed by atoms with Gasteiger partial charge in [-0.1, -0.05) is 78.9 Å². The monoisotopic (exact) mass is 379 g/mol. The quantitative estimate of drug-likeness (QED) is 0.437. The molecule has 0 radical (unpaired) electrons. The molecule has 0 spiro atoms. The number of rotatable bonds is 10. The Morgan fingerprint density at radius 1 is 0.704 bits per heavy atom. The predicted molar refractivity (Wildman–Crippen MR) is 114 cm³/mol. The lowest BCUT2D eigenvalue weighted by atomic mass is 10.0. The standard InChI is InChI=1S/C24H26ClNO/c25-15-16-26(20-22-11-5-2-6-12-22)17-18-27-24-14-8-7-13-23(24)19-21-9-3-1-4-10-21/h1-14H,15-20H2. The lowest BCUT2D eigenvalue weighted by Crippen LogP contribution is -2.30. The Labute approximate surface area is 167 Å². The highest BCUT2D eigenvalue weighted by Gasteiger charge is 2.08. The third-order valence-corrected chi connectivity index (χ3v) is 4.69. The van der Waals surface area contributed by atoms with Crippen molar-refractivity contribution in [3.05, 3.63) is 102 Å². The number of para-hydroxylation sites is 1. The zero-order valence-electron chi connectivity index (χ0n) is 15.6. The van der Waals surface area contributed by atoms with Gasteiger partial charge in [0, 0.05) is 31.9 Å². The van der Waals surface area contributed by atoms with Gasteiger partial charge in [-0.15, -0.1) is 11.6 Å². The van der Waals surface area contributed by atoms with Crippen LogP contribution in [0.25, 0.3) is 0 Å². The van der Waals surface area contributed by atoms with Crippen molar-refractivity contribution < 1.29 is 4.74 Å². The lowest BCUT2D eigenvalue weighted by Gasteiger charge is -2.22. The summed E-state index contributed by atoms with van der Waals surface area (Å²) in [4.78, 5) is 2.34. The van der Waals surface area contributed by atoms with E-state index in [-0.39, 0.29) is 0 Å². The molecule has 0 fully saturated rings. The van der Waals surface area contributed by atoms with Crippen LogP contribution < -0.4 is 4.74 Å². The maximum atomic E-state index is 6.14. The number of halogens is 1. The number of hydrogen-bond donors (Lipinski definition) is 0. The van der Waals surface area contributed by atoms with E-state index in [4.69, 9.17) is 16.3 Å². The minimum absolute atomic E-state index is 0.622. The Kier molecular flexibility index (Phi) is 7.76. The average molecular weight is 380 g/mol. The summed E-state index contributed by atoms with van der Waals surface area (Å²) in [7, 11) is 0. The zero-order valence-corrected chi connectivity index (χ0v) is 16.3. The van der Waals surface area contributed by atoms with Crippen molar-refractivity contribution in [3.8, 4) is 5.75 Å². The van der Waals surface area contributed by atoms with Crippen LogP contribution in [0, 0.1) is 0 Å². The van der Waals surface area contributed by atoms with E-state index in [1.165, 1.54) is 16.7 Å². The molecule has 0 bridgehead atoms. The van der Waals surface area contributed by atoms with Crippen LogP contribution in [0.5, 0.6) is 5.75 Å². The molecule has 0 aromatic heterocycles. The van der Waals surface area contributed by atoms with Crippen LogP contribution in [0.1, 0.15) is 16.7 Å². The summed E-state index contributed by atoms with van der Waals surface area (Å²) in [6.45, 7) is 3.24. The Hall–Kier alpha value is -2.29. The fourth-order valence-corrected chi connectivity index (χ4v) is 3.36.